The molecule has 0 radical (unpaired) electrons. The van der Waals surface area contributed by atoms with E-state index in [1.807, 2.05) is 6.07 Å². The molecule has 1 aromatic rings. The van der Waals surface area contributed by atoms with E-state index < -0.39 is 0 Å². The van der Waals surface area contributed by atoms with Gasteiger partial charge >= 0.3 is 0 Å². The van der Waals surface area contributed by atoms with Crippen molar-refractivity contribution in [2.45, 2.75) is 25.3 Å². The first-order valence-electron chi connectivity index (χ1n) is 6.17. The molecule has 1 N–H and O–H groups in total. The van der Waals surface area contributed by atoms with Gasteiger partial charge in [0.2, 0.25) is 0 Å². The van der Waals surface area contributed by atoms with Gasteiger partial charge in [0, 0.05) is 22.5 Å². The van der Waals surface area contributed by atoms with E-state index in [1.165, 1.54) is 18.4 Å². The molecule has 1 fully saturated rings. The van der Waals surface area contributed by atoms with Crippen molar-refractivity contribution in [3.05, 3.63) is 22.2 Å². The lowest BCUT2D eigenvalue weighted by atomic mass is 10.0. The summed E-state index contributed by atoms with van der Waals surface area (Å²) < 4.78 is 12.7. The van der Waals surface area contributed by atoms with Gasteiger partial charge in [0.1, 0.15) is 0 Å². The fraction of sp³-hybridized carbons (Fsp3) is 0.538. The highest BCUT2D eigenvalue weighted by Gasteiger charge is 2.26. The van der Waals surface area contributed by atoms with Crippen molar-refractivity contribution in [1.82, 2.24) is 5.32 Å². The predicted octanol–water partition coefficient (Wildman–Crippen LogP) is 3.03. The maximum absolute atomic E-state index is 5.88. The number of ether oxygens (including phenoxy) is 2. The first kappa shape index (κ1) is 11.4. The van der Waals surface area contributed by atoms with Crippen molar-refractivity contribution >= 4 is 15.9 Å². The summed E-state index contributed by atoms with van der Waals surface area (Å²) in [7, 11) is 0. The molecule has 0 aromatic heterocycles. The van der Waals surface area contributed by atoms with Crippen LogP contribution in [0.1, 0.15) is 30.9 Å². The first-order chi connectivity index (χ1) is 8.36. The lowest BCUT2D eigenvalue weighted by Crippen LogP contribution is -2.15. The molecule has 92 valence electrons. The summed E-state index contributed by atoms with van der Waals surface area (Å²) in [4.78, 5) is 0. The van der Waals surface area contributed by atoms with Crippen molar-refractivity contribution in [3.8, 4) is 11.5 Å². The van der Waals surface area contributed by atoms with Crippen LogP contribution in [-0.2, 0) is 0 Å². The molecule has 2 aliphatic rings. The van der Waals surface area contributed by atoms with Gasteiger partial charge in [-0.3, -0.25) is 0 Å². The van der Waals surface area contributed by atoms with Crippen LogP contribution in [0.2, 0.25) is 0 Å². The Morgan fingerprint density at radius 2 is 2.06 bits per heavy atom. The Morgan fingerprint density at radius 1 is 1.18 bits per heavy atom. The summed E-state index contributed by atoms with van der Waals surface area (Å²) in [6.45, 7) is 2.57. The molecule has 2 aliphatic heterocycles. The van der Waals surface area contributed by atoms with E-state index in [-0.39, 0.29) is 0 Å². The number of rotatable bonds is 1. The predicted molar refractivity (Wildman–Crippen MR) is 69.7 cm³/mol. The topological polar surface area (TPSA) is 30.5 Å². The monoisotopic (exact) mass is 297 g/mol. The van der Waals surface area contributed by atoms with E-state index in [1.54, 1.807) is 0 Å². The van der Waals surface area contributed by atoms with Crippen LogP contribution in [0.3, 0.4) is 0 Å². The quantitative estimate of drug-likeness (QED) is 0.864. The molecule has 0 aliphatic carbocycles. The van der Waals surface area contributed by atoms with Crippen molar-refractivity contribution < 1.29 is 9.47 Å². The summed E-state index contributed by atoms with van der Waals surface area (Å²) >= 11 is 3.64. The minimum Gasteiger partial charge on any atom is -0.490 e. The Bertz CT molecular complexity index is 416. The molecule has 2 heterocycles. The Labute approximate surface area is 110 Å². The van der Waals surface area contributed by atoms with E-state index in [9.17, 15) is 0 Å². The molecule has 1 unspecified atom stereocenters. The summed E-state index contributed by atoms with van der Waals surface area (Å²) in [6.07, 6.45) is 3.34. The smallest absolute Gasteiger partial charge is 0.167 e. The van der Waals surface area contributed by atoms with Crippen LogP contribution in [-0.4, -0.2) is 19.8 Å². The third-order valence-corrected chi connectivity index (χ3v) is 4.00. The SMILES string of the molecule is Brc1ccc2c(c1C1CCCN1)OCCCO2. The van der Waals surface area contributed by atoms with Gasteiger partial charge in [-0.1, -0.05) is 15.9 Å². The number of hydrogen-bond donors (Lipinski definition) is 1. The fourth-order valence-electron chi connectivity index (χ4n) is 2.49. The molecule has 1 atom stereocenters. The summed E-state index contributed by atoms with van der Waals surface area (Å²) in [5.74, 6) is 1.81. The van der Waals surface area contributed by atoms with E-state index in [0.717, 1.165) is 42.2 Å². The average Bonchev–Trinajstić information content (AvgIpc) is 2.74. The zero-order valence-corrected chi connectivity index (χ0v) is 11.3. The third kappa shape index (κ3) is 2.16. The highest BCUT2D eigenvalue weighted by Crippen LogP contribution is 2.43. The number of fused-ring (bicyclic) bond motifs is 1. The Kier molecular flexibility index (Phi) is 3.25. The van der Waals surface area contributed by atoms with Gasteiger partial charge < -0.3 is 14.8 Å². The zero-order chi connectivity index (χ0) is 11.7. The van der Waals surface area contributed by atoms with Crippen LogP contribution in [0.15, 0.2) is 16.6 Å². The molecule has 3 rings (SSSR count). The summed E-state index contributed by atoms with van der Waals surface area (Å²) in [5.41, 5.74) is 1.22. The van der Waals surface area contributed by atoms with Gasteiger partial charge in [0.15, 0.2) is 11.5 Å². The molecule has 0 bridgehead atoms. The minimum atomic E-state index is 0.390. The second kappa shape index (κ2) is 4.86. The molecule has 3 nitrogen and oxygen atoms in total. The van der Waals surface area contributed by atoms with Crippen LogP contribution in [0.25, 0.3) is 0 Å². The Hall–Kier alpha value is -0.740. The van der Waals surface area contributed by atoms with E-state index in [2.05, 4.69) is 27.3 Å². The molecular weight excluding hydrogens is 282 g/mol. The third-order valence-electron chi connectivity index (χ3n) is 3.31. The number of halogens is 1. The zero-order valence-electron chi connectivity index (χ0n) is 9.67. The van der Waals surface area contributed by atoms with Crippen molar-refractivity contribution in [1.29, 1.82) is 0 Å². The molecule has 1 saturated heterocycles. The maximum Gasteiger partial charge on any atom is 0.167 e. The van der Waals surface area contributed by atoms with Crippen LogP contribution in [0.4, 0.5) is 0 Å². The van der Waals surface area contributed by atoms with E-state index in [0.29, 0.717) is 6.04 Å². The van der Waals surface area contributed by atoms with Crippen LogP contribution >= 0.6 is 15.9 Å². The van der Waals surface area contributed by atoms with Gasteiger partial charge in [-0.2, -0.15) is 0 Å². The van der Waals surface area contributed by atoms with Crippen molar-refractivity contribution in [2.75, 3.05) is 19.8 Å². The molecule has 4 heteroatoms. The largest absolute Gasteiger partial charge is 0.490 e. The molecule has 0 amide bonds. The molecule has 1 aromatic carbocycles. The molecule has 0 saturated carbocycles. The second-order valence-corrected chi connectivity index (χ2v) is 5.34. The highest BCUT2D eigenvalue weighted by molar-refractivity contribution is 9.10. The fourth-order valence-corrected chi connectivity index (χ4v) is 3.08. The van der Waals surface area contributed by atoms with Crippen LogP contribution in [0, 0.1) is 0 Å². The van der Waals surface area contributed by atoms with Gasteiger partial charge in [0.25, 0.3) is 0 Å². The molecular formula is C13H16BrNO2. The maximum atomic E-state index is 5.88. The van der Waals surface area contributed by atoms with Crippen LogP contribution < -0.4 is 14.8 Å². The Morgan fingerprint density at radius 3 is 2.88 bits per heavy atom. The lowest BCUT2D eigenvalue weighted by Gasteiger charge is -2.19. The van der Waals surface area contributed by atoms with E-state index in [4.69, 9.17) is 9.47 Å². The van der Waals surface area contributed by atoms with Gasteiger partial charge in [-0.25, -0.2) is 0 Å². The standard InChI is InChI=1S/C13H16BrNO2/c14-9-4-5-11-13(17-8-2-7-16-11)12(9)10-3-1-6-15-10/h4-5,10,15H,1-3,6-8H2. The van der Waals surface area contributed by atoms with Gasteiger partial charge in [0.05, 0.1) is 13.2 Å². The first-order valence-corrected chi connectivity index (χ1v) is 6.97. The van der Waals surface area contributed by atoms with E-state index >= 15 is 0 Å². The van der Waals surface area contributed by atoms with Crippen molar-refractivity contribution in [2.24, 2.45) is 0 Å². The normalized spacial score (nSPS) is 23.5. The van der Waals surface area contributed by atoms with Gasteiger partial charge in [-0.05, 0) is 31.5 Å². The number of benzene rings is 1. The minimum absolute atomic E-state index is 0.390. The van der Waals surface area contributed by atoms with Gasteiger partial charge in [-0.15, -0.1) is 0 Å². The second-order valence-electron chi connectivity index (χ2n) is 4.49. The lowest BCUT2D eigenvalue weighted by molar-refractivity contribution is 0.295. The molecule has 0 spiro atoms. The van der Waals surface area contributed by atoms with Crippen molar-refractivity contribution in [3.63, 3.8) is 0 Å². The number of hydrogen-bond acceptors (Lipinski definition) is 3. The summed E-state index contributed by atoms with van der Waals surface area (Å²) in [6, 6.07) is 4.44. The highest BCUT2D eigenvalue weighted by atomic mass is 79.9. The summed E-state index contributed by atoms with van der Waals surface area (Å²) in [5, 5.41) is 3.52. The number of nitrogens with one attached hydrogen (secondary N) is 1. The Balaban J connectivity index is 2.05. The molecule has 17 heavy (non-hydrogen) atoms. The van der Waals surface area contributed by atoms with Crippen LogP contribution in [0.5, 0.6) is 11.5 Å². The average molecular weight is 298 g/mol.